The molecule has 1 aliphatic carbocycles. The Kier molecular flexibility index (Phi) is 5.57. The molecule has 1 unspecified atom stereocenters. The lowest BCUT2D eigenvalue weighted by molar-refractivity contribution is -0.132. The maximum absolute atomic E-state index is 12.6. The average molecular weight is 270 g/mol. The Balaban J connectivity index is 2.74. The van der Waals surface area contributed by atoms with E-state index in [-0.39, 0.29) is 17.4 Å². The van der Waals surface area contributed by atoms with Crippen molar-refractivity contribution in [3.63, 3.8) is 0 Å². The van der Waals surface area contributed by atoms with Crippen LogP contribution in [0.2, 0.25) is 0 Å². The topological polar surface area (TPSA) is 55.1 Å². The van der Waals surface area contributed by atoms with Gasteiger partial charge in [-0.05, 0) is 31.6 Å². The van der Waals surface area contributed by atoms with Gasteiger partial charge in [-0.15, -0.1) is 0 Å². The Hall–Kier alpha value is -0.640. The zero-order chi connectivity index (χ0) is 13.8. The summed E-state index contributed by atoms with van der Waals surface area (Å²) >= 11 is 5.00. The van der Waals surface area contributed by atoms with Crippen molar-refractivity contribution in [1.29, 1.82) is 0 Å². The monoisotopic (exact) mass is 270 g/mol. The van der Waals surface area contributed by atoms with Gasteiger partial charge in [0.1, 0.15) is 0 Å². The normalized spacial score (nSPS) is 19.8. The lowest BCUT2D eigenvalue weighted by atomic mass is 9.77. The maximum atomic E-state index is 12.6. The standard InChI is InChI=1S/C14H26N2OS/c1-4-11(12(15)18)16-13(17)14(9-10(2)3)7-5-6-8-14/h10-11H,4-9H2,1-3H3,(H2,15,18)(H,16,17). The molecule has 3 N–H and O–H groups in total. The minimum atomic E-state index is -0.174. The first-order valence-electron chi connectivity index (χ1n) is 7.01. The molecule has 1 atom stereocenters. The van der Waals surface area contributed by atoms with Gasteiger partial charge < -0.3 is 11.1 Å². The summed E-state index contributed by atoms with van der Waals surface area (Å²) in [6.07, 6.45) is 6.05. The van der Waals surface area contributed by atoms with Crippen molar-refractivity contribution < 1.29 is 4.79 Å². The van der Waals surface area contributed by atoms with Crippen LogP contribution in [-0.2, 0) is 4.79 Å². The molecule has 1 saturated carbocycles. The molecule has 0 aliphatic heterocycles. The third-order valence-electron chi connectivity index (χ3n) is 3.90. The van der Waals surface area contributed by atoms with Crippen LogP contribution in [0.15, 0.2) is 0 Å². The molecule has 4 heteroatoms. The average Bonchev–Trinajstić information content (AvgIpc) is 2.73. The van der Waals surface area contributed by atoms with E-state index in [0.29, 0.717) is 10.9 Å². The predicted molar refractivity (Wildman–Crippen MR) is 79.4 cm³/mol. The van der Waals surface area contributed by atoms with Gasteiger partial charge in [-0.2, -0.15) is 0 Å². The molecule has 0 radical (unpaired) electrons. The first-order valence-corrected chi connectivity index (χ1v) is 7.42. The van der Waals surface area contributed by atoms with Gasteiger partial charge in [0.2, 0.25) is 5.91 Å². The lowest BCUT2D eigenvalue weighted by Gasteiger charge is -2.31. The Bertz CT molecular complexity index is 309. The fourth-order valence-corrected chi connectivity index (χ4v) is 3.27. The molecule has 0 heterocycles. The van der Waals surface area contributed by atoms with E-state index in [1.807, 2.05) is 6.92 Å². The van der Waals surface area contributed by atoms with Crippen LogP contribution in [0.25, 0.3) is 0 Å². The van der Waals surface area contributed by atoms with Crippen molar-refractivity contribution >= 4 is 23.1 Å². The number of carbonyl (C=O) groups excluding carboxylic acids is 1. The highest BCUT2D eigenvalue weighted by Gasteiger charge is 2.41. The van der Waals surface area contributed by atoms with Gasteiger partial charge in [0, 0.05) is 5.41 Å². The highest BCUT2D eigenvalue weighted by atomic mass is 32.1. The largest absolute Gasteiger partial charge is 0.392 e. The van der Waals surface area contributed by atoms with Crippen LogP contribution >= 0.6 is 12.2 Å². The van der Waals surface area contributed by atoms with E-state index >= 15 is 0 Å². The minimum Gasteiger partial charge on any atom is -0.392 e. The van der Waals surface area contributed by atoms with Crippen molar-refractivity contribution in [2.24, 2.45) is 17.1 Å². The number of thiocarbonyl (C=S) groups is 1. The second kappa shape index (κ2) is 6.50. The van der Waals surface area contributed by atoms with Crippen molar-refractivity contribution in [2.45, 2.75) is 65.3 Å². The molecule has 104 valence electrons. The molecule has 18 heavy (non-hydrogen) atoms. The third-order valence-corrected chi connectivity index (χ3v) is 4.18. The van der Waals surface area contributed by atoms with E-state index < -0.39 is 0 Å². The molecule has 3 nitrogen and oxygen atoms in total. The van der Waals surface area contributed by atoms with E-state index in [0.717, 1.165) is 38.5 Å². The second-order valence-corrected chi connectivity index (χ2v) is 6.39. The minimum absolute atomic E-state index is 0.155. The van der Waals surface area contributed by atoms with Crippen LogP contribution in [0.5, 0.6) is 0 Å². The molecule has 1 rings (SSSR count). The van der Waals surface area contributed by atoms with E-state index in [9.17, 15) is 4.79 Å². The van der Waals surface area contributed by atoms with Crippen LogP contribution in [-0.4, -0.2) is 16.9 Å². The summed E-state index contributed by atoms with van der Waals surface area (Å²) < 4.78 is 0. The van der Waals surface area contributed by atoms with Crippen molar-refractivity contribution in [2.75, 3.05) is 0 Å². The lowest BCUT2D eigenvalue weighted by Crippen LogP contribution is -2.49. The van der Waals surface area contributed by atoms with Crippen molar-refractivity contribution in [3.8, 4) is 0 Å². The van der Waals surface area contributed by atoms with Gasteiger partial charge in [0.25, 0.3) is 0 Å². The molecule has 1 fully saturated rings. The van der Waals surface area contributed by atoms with Gasteiger partial charge in [-0.3, -0.25) is 4.79 Å². The van der Waals surface area contributed by atoms with Gasteiger partial charge in [0.05, 0.1) is 11.0 Å². The van der Waals surface area contributed by atoms with Crippen LogP contribution < -0.4 is 11.1 Å². The zero-order valence-corrected chi connectivity index (χ0v) is 12.6. The molecule has 0 aromatic rings. The molecule has 1 aliphatic rings. The molecule has 0 bridgehead atoms. The van der Waals surface area contributed by atoms with Gasteiger partial charge in [0.15, 0.2) is 0 Å². The first-order chi connectivity index (χ1) is 8.41. The van der Waals surface area contributed by atoms with Crippen LogP contribution in [0.3, 0.4) is 0 Å². The SMILES string of the molecule is CCC(NC(=O)C1(CC(C)C)CCCC1)C(N)=S. The zero-order valence-electron chi connectivity index (χ0n) is 11.8. The number of nitrogens with two attached hydrogens (primary N) is 1. The number of carbonyl (C=O) groups is 1. The number of nitrogens with one attached hydrogen (secondary N) is 1. The summed E-state index contributed by atoms with van der Waals surface area (Å²) in [6.45, 7) is 6.35. The Morgan fingerprint density at radius 2 is 1.94 bits per heavy atom. The predicted octanol–water partition coefficient (Wildman–Crippen LogP) is 2.77. The van der Waals surface area contributed by atoms with Gasteiger partial charge in [-0.25, -0.2) is 0 Å². The van der Waals surface area contributed by atoms with E-state index in [1.165, 1.54) is 0 Å². The fourth-order valence-electron chi connectivity index (χ4n) is 3.04. The van der Waals surface area contributed by atoms with Gasteiger partial charge in [-0.1, -0.05) is 45.8 Å². The highest BCUT2D eigenvalue weighted by Crippen LogP contribution is 2.43. The summed E-state index contributed by atoms with van der Waals surface area (Å²) in [4.78, 5) is 12.9. The van der Waals surface area contributed by atoms with E-state index in [1.54, 1.807) is 0 Å². The molecule has 0 saturated heterocycles. The third kappa shape index (κ3) is 3.67. The summed E-state index contributed by atoms with van der Waals surface area (Å²) in [7, 11) is 0. The number of hydrogen-bond donors (Lipinski definition) is 2. The summed E-state index contributed by atoms with van der Waals surface area (Å²) in [5.41, 5.74) is 5.48. The Morgan fingerprint density at radius 1 is 1.39 bits per heavy atom. The molecule has 0 spiro atoms. The first kappa shape index (κ1) is 15.4. The second-order valence-electron chi connectivity index (χ2n) is 5.92. The van der Waals surface area contributed by atoms with Crippen LogP contribution in [0, 0.1) is 11.3 Å². The van der Waals surface area contributed by atoms with Crippen LogP contribution in [0.1, 0.15) is 59.3 Å². The van der Waals surface area contributed by atoms with Crippen LogP contribution in [0.4, 0.5) is 0 Å². The Labute approximate surface area is 116 Å². The Morgan fingerprint density at radius 3 is 2.33 bits per heavy atom. The van der Waals surface area contributed by atoms with E-state index in [4.69, 9.17) is 18.0 Å². The quantitative estimate of drug-likeness (QED) is 0.730. The number of rotatable bonds is 6. The summed E-state index contributed by atoms with van der Waals surface area (Å²) in [5, 5.41) is 3.05. The fraction of sp³-hybridized carbons (Fsp3) is 0.857. The molecular formula is C14H26N2OS. The summed E-state index contributed by atoms with van der Waals surface area (Å²) in [5.74, 6) is 0.701. The number of hydrogen-bond acceptors (Lipinski definition) is 2. The molecule has 1 amide bonds. The smallest absolute Gasteiger partial charge is 0.226 e. The van der Waals surface area contributed by atoms with E-state index in [2.05, 4.69) is 19.2 Å². The molecule has 0 aromatic carbocycles. The van der Waals surface area contributed by atoms with Crippen molar-refractivity contribution in [3.05, 3.63) is 0 Å². The molecular weight excluding hydrogens is 244 g/mol. The van der Waals surface area contributed by atoms with Gasteiger partial charge >= 0.3 is 0 Å². The highest BCUT2D eigenvalue weighted by molar-refractivity contribution is 7.80. The molecule has 0 aromatic heterocycles. The summed E-state index contributed by atoms with van der Waals surface area (Å²) in [6, 6.07) is -0.155. The maximum Gasteiger partial charge on any atom is 0.226 e. The van der Waals surface area contributed by atoms with Crippen molar-refractivity contribution in [1.82, 2.24) is 5.32 Å². The number of amides is 1.